The summed E-state index contributed by atoms with van der Waals surface area (Å²) in [5.74, 6) is 0.124. The van der Waals surface area contributed by atoms with E-state index in [0.717, 1.165) is 13.1 Å². The highest BCUT2D eigenvalue weighted by Crippen LogP contribution is 2.14. The summed E-state index contributed by atoms with van der Waals surface area (Å²) in [6, 6.07) is -0.0764. The summed E-state index contributed by atoms with van der Waals surface area (Å²) in [6.07, 6.45) is 0. The van der Waals surface area contributed by atoms with Gasteiger partial charge in [-0.2, -0.15) is 0 Å². The van der Waals surface area contributed by atoms with Crippen LogP contribution in [0, 0.1) is 0 Å². The molecule has 0 spiro atoms. The van der Waals surface area contributed by atoms with Gasteiger partial charge in [0, 0.05) is 0 Å². The molecule has 1 unspecified atom stereocenters. The van der Waals surface area contributed by atoms with Crippen LogP contribution in [0.25, 0.3) is 0 Å². The maximum Gasteiger partial charge on any atom is 0.214 e. The van der Waals surface area contributed by atoms with Crippen molar-refractivity contribution in [1.82, 2.24) is 0 Å². The molecule has 0 bridgehead atoms. The Labute approximate surface area is 99.3 Å². The smallest absolute Gasteiger partial charge is 0.214 e. The second-order valence-corrected chi connectivity index (χ2v) is 3.85. The van der Waals surface area contributed by atoms with Crippen LogP contribution in [0.15, 0.2) is 12.2 Å². The van der Waals surface area contributed by atoms with Crippen LogP contribution in [0.1, 0.15) is 27.7 Å². The van der Waals surface area contributed by atoms with Crippen LogP contribution >= 0.6 is 0 Å². The quantitative estimate of drug-likeness (QED) is 0.338. The van der Waals surface area contributed by atoms with Crippen molar-refractivity contribution >= 4 is 5.78 Å². The predicted molar refractivity (Wildman–Crippen MR) is 59.7 cm³/mol. The van der Waals surface area contributed by atoms with Crippen molar-refractivity contribution in [2.24, 2.45) is 5.73 Å². The molecule has 0 aromatic rings. The van der Waals surface area contributed by atoms with Crippen LogP contribution in [0.4, 0.5) is 0 Å². The first-order valence-corrected chi connectivity index (χ1v) is 5.20. The summed E-state index contributed by atoms with van der Waals surface area (Å²) in [4.78, 5) is 11.8. The lowest BCUT2D eigenvalue weighted by molar-refractivity contribution is -0.937. The van der Waals surface area contributed by atoms with Gasteiger partial charge in [-0.3, -0.25) is 10.5 Å². The van der Waals surface area contributed by atoms with Gasteiger partial charge in [0.1, 0.15) is 6.67 Å². The summed E-state index contributed by atoms with van der Waals surface area (Å²) >= 11 is 0. The lowest BCUT2D eigenvalue weighted by atomic mass is 10.0. The summed E-state index contributed by atoms with van der Waals surface area (Å²) < 4.78 is 0.645. The number of carbonyl (C=O) groups excluding carboxylic acids is 1. The van der Waals surface area contributed by atoms with Gasteiger partial charge in [0.25, 0.3) is 0 Å². The topological polar surface area (TPSA) is 43.1 Å². The first-order chi connectivity index (χ1) is 6.45. The van der Waals surface area contributed by atoms with Gasteiger partial charge in [-0.25, -0.2) is 0 Å². The molecule has 15 heavy (non-hydrogen) atoms. The maximum absolute atomic E-state index is 11.8. The summed E-state index contributed by atoms with van der Waals surface area (Å²) in [5.41, 5.74) is 6.38. The van der Waals surface area contributed by atoms with Crippen molar-refractivity contribution in [2.75, 3.05) is 19.8 Å². The van der Waals surface area contributed by atoms with E-state index in [9.17, 15) is 4.79 Å². The second kappa shape index (κ2) is 6.99. The van der Waals surface area contributed by atoms with Crippen LogP contribution in [-0.4, -0.2) is 36.1 Å². The minimum atomic E-state index is -0.0764. The van der Waals surface area contributed by atoms with E-state index in [1.165, 1.54) is 0 Å². The zero-order valence-corrected chi connectivity index (χ0v) is 11.0. The number of halogens is 1. The number of hydrogen-bond acceptors (Lipinski definition) is 2. The number of carbonyl (C=O) groups is 1. The number of ketones is 1. The normalized spacial score (nSPS) is 12.9. The van der Waals surface area contributed by atoms with Crippen LogP contribution < -0.4 is 18.1 Å². The van der Waals surface area contributed by atoms with E-state index in [1.807, 2.05) is 6.92 Å². The third kappa shape index (κ3) is 3.59. The van der Waals surface area contributed by atoms with E-state index in [2.05, 4.69) is 20.4 Å². The lowest BCUT2D eigenvalue weighted by Gasteiger charge is -2.40. The molecule has 0 aliphatic heterocycles. The van der Waals surface area contributed by atoms with E-state index in [0.29, 0.717) is 16.7 Å². The predicted octanol–water partition coefficient (Wildman–Crippen LogP) is -1.70. The Balaban J connectivity index is 0. The van der Waals surface area contributed by atoms with Crippen molar-refractivity contribution in [3.8, 4) is 0 Å². The number of Topliss-reactive ketones (excluding diaryl/α,β-unsaturated/α-hetero) is 1. The Morgan fingerprint density at radius 3 is 2.00 bits per heavy atom. The summed E-state index contributed by atoms with van der Waals surface area (Å²) in [5, 5.41) is 0. The minimum Gasteiger partial charge on any atom is -1.00 e. The monoisotopic (exact) mass is 234 g/mol. The minimum absolute atomic E-state index is 0. The third-order valence-corrected chi connectivity index (χ3v) is 3.24. The molecule has 0 rings (SSSR count). The molecular weight excluding hydrogens is 212 g/mol. The molecule has 0 aliphatic carbocycles. The van der Waals surface area contributed by atoms with E-state index < -0.39 is 0 Å². The van der Waals surface area contributed by atoms with Gasteiger partial charge in [0.15, 0.2) is 6.04 Å². The van der Waals surface area contributed by atoms with Gasteiger partial charge in [0.05, 0.1) is 13.1 Å². The maximum atomic E-state index is 11.8. The molecule has 0 aromatic heterocycles. The van der Waals surface area contributed by atoms with E-state index in [-0.39, 0.29) is 24.2 Å². The molecule has 4 heteroatoms. The number of nitrogens with zero attached hydrogens (tertiary/aromatic N) is 1. The van der Waals surface area contributed by atoms with Crippen LogP contribution in [0.2, 0.25) is 0 Å². The van der Waals surface area contributed by atoms with Gasteiger partial charge in [-0.15, -0.1) is 0 Å². The molecule has 0 saturated carbocycles. The highest BCUT2D eigenvalue weighted by Gasteiger charge is 2.34. The number of likely N-dealkylation sites (N-methyl/N-ethyl adjacent to an activating group) is 1. The number of nitrogens with two attached hydrogens (primary N) is 1. The molecule has 0 saturated heterocycles. The number of quaternary nitrogens is 1. The van der Waals surface area contributed by atoms with Gasteiger partial charge < -0.3 is 16.9 Å². The Bertz CT molecular complexity index is 216. The molecule has 0 aliphatic rings. The fourth-order valence-electron chi connectivity index (χ4n) is 1.79. The SMILES string of the molecule is C=C(C)C(=O)C(C)[N+](CC)(CC)CN.[Cl-]. The van der Waals surface area contributed by atoms with E-state index in [1.54, 1.807) is 6.92 Å². The molecule has 0 fully saturated rings. The second-order valence-electron chi connectivity index (χ2n) is 3.85. The van der Waals surface area contributed by atoms with Gasteiger partial charge in [-0.1, -0.05) is 6.58 Å². The Morgan fingerprint density at radius 1 is 1.40 bits per heavy atom. The first-order valence-electron chi connectivity index (χ1n) is 5.20. The molecule has 0 amide bonds. The zero-order valence-electron chi connectivity index (χ0n) is 10.2. The van der Waals surface area contributed by atoms with Crippen molar-refractivity contribution < 1.29 is 21.7 Å². The average molecular weight is 235 g/mol. The molecule has 90 valence electrons. The molecule has 3 nitrogen and oxygen atoms in total. The highest BCUT2D eigenvalue weighted by atomic mass is 35.5. The third-order valence-electron chi connectivity index (χ3n) is 3.24. The molecule has 0 heterocycles. The first kappa shape index (κ1) is 17.0. The van der Waals surface area contributed by atoms with Crippen molar-refractivity contribution in [1.29, 1.82) is 0 Å². The number of hydrogen-bond donors (Lipinski definition) is 1. The molecule has 0 aromatic carbocycles. The molecular formula is C11H23ClN2O. The fourth-order valence-corrected chi connectivity index (χ4v) is 1.79. The van der Waals surface area contributed by atoms with E-state index >= 15 is 0 Å². The van der Waals surface area contributed by atoms with Crippen LogP contribution in [0.5, 0.6) is 0 Å². The standard InChI is InChI=1S/C11H23N2O.ClH/c1-6-13(7-2,8-12)10(5)11(14)9(3)4;/h10H,3,6-8,12H2,1-2,4-5H3;1H/q+1;/p-1. The Hall–Kier alpha value is -0.380. The average Bonchev–Trinajstić information content (AvgIpc) is 2.19. The summed E-state index contributed by atoms with van der Waals surface area (Å²) in [6.45, 7) is 13.8. The lowest BCUT2D eigenvalue weighted by Crippen LogP contribution is -3.00. The summed E-state index contributed by atoms with van der Waals surface area (Å²) in [7, 11) is 0. The van der Waals surface area contributed by atoms with Crippen LogP contribution in [0.3, 0.4) is 0 Å². The van der Waals surface area contributed by atoms with Gasteiger partial charge in [0.2, 0.25) is 5.78 Å². The molecule has 0 radical (unpaired) electrons. The van der Waals surface area contributed by atoms with Crippen molar-refractivity contribution in [3.63, 3.8) is 0 Å². The largest absolute Gasteiger partial charge is 1.00 e. The molecule has 1 atom stereocenters. The van der Waals surface area contributed by atoms with Crippen molar-refractivity contribution in [3.05, 3.63) is 12.2 Å². The van der Waals surface area contributed by atoms with Gasteiger partial charge in [-0.05, 0) is 33.3 Å². The fraction of sp³-hybridized carbons (Fsp3) is 0.727. The van der Waals surface area contributed by atoms with Crippen LogP contribution in [-0.2, 0) is 4.79 Å². The highest BCUT2D eigenvalue weighted by molar-refractivity contribution is 5.97. The Morgan fingerprint density at radius 2 is 1.80 bits per heavy atom. The van der Waals surface area contributed by atoms with E-state index in [4.69, 9.17) is 5.73 Å². The molecule has 2 N–H and O–H groups in total. The Kier molecular flexibility index (Phi) is 7.93. The number of rotatable bonds is 6. The zero-order chi connectivity index (χ0) is 11.4. The van der Waals surface area contributed by atoms with Gasteiger partial charge >= 0.3 is 0 Å². The van der Waals surface area contributed by atoms with Crippen molar-refractivity contribution in [2.45, 2.75) is 33.7 Å².